The van der Waals surface area contributed by atoms with Crippen molar-refractivity contribution >= 4 is 56.5 Å². The maximum Gasteiger partial charge on any atom is 0.170 e. The molecule has 138 valence electrons. The SMILES string of the molecule is O=C(CC(=O)c1ccc(Sc2nc3ccccc3s2)cc1)c1ccc(Cl)cc1. The summed E-state index contributed by atoms with van der Waals surface area (Å²) in [6.07, 6.45) is -0.161. The van der Waals surface area contributed by atoms with Crippen LogP contribution in [0, 0.1) is 0 Å². The summed E-state index contributed by atoms with van der Waals surface area (Å²) in [5, 5.41) is 0.559. The van der Waals surface area contributed by atoms with Crippen molar-refractivity contribution in [2.24, 2.45) is 0 Å². The van der Waals surface area contributed by atoms with Crippen molar-refractivity contribution in [3.05, 3.63) is 88.9 Å². The molecule has 0 bridgehead atoms. The van der Waals surface area contributed by atoms with Crippen molar-refractivity contribution < 1.29 is 9.59 Å². The lowest BCUT2D eigenvalue weighted by Crippen LogP contribution is -2.08. The summed E-state index contributed by atoms with van der Waals surface area (Å²) in [5.74, 6) is -0.411. The van der Waals surface area contributed by atoms with Gasteiger partial charge in [-0.25, -0.2) is 4.98 Å². The Bertz CT molecular complexity index is 1120. The van der Waals surface area contributed by atoms with Crippen LogP contribution in [-0.2, 0) is 0 Å². The zero-order chi connectivity index (χ0) is 19.5. The van der Waals surface area contributed by atoms with Crippen molar-refractivity contribution in [1.29, 1.82) is 0 Å². The van der Waals surface area contributed by atoms with Gasteiger partial charge >= 0.3 is 0 Å². The minimum atomic E-state index is -0.213. The summed E-state index contributed by atoms with van der Waals surface area (Å²) in [6.45, 7) is 0. The molecule has 1 heterocycles. The number of halogens is 1. The van der Waals surface area contributed by atoms with Crippen LogP contribution in [-0.4, -0.2) is 16.6 Å². The molecule has 0 aliphatic heterocycles. The third-order valence-electron chi connectivity index (χ3n) is 4.14. The summed E-state index contributed by atoms with van der Waals surface area (Å²) in [4.78, 5) is 30.3. The molecule has 4 rings (SSSR count). The molecule has 0 fully saturated rings. The van der Waals surface area contributed by atoms with E-state index in [9.17, 15) is 9.59 Å². The molecule has 3 aromatic carbocycles. The molecule has 0 saturated heterocycles. The number of benzene rings is 3. The first-order valence-electron chi connectivity index (χ1n) is 8.54. The van der Waals surface area contributed by atoms with Gasteiger partial charge in [-0.3, -0.25) is 9.59 Å². The van der Waals surface area contributed by atoms with Gasteiger partial charge in [0.15, 0.2) is 15.9 Å². The first-order valence-corrected chi connectivity index (χ1v) is 10.5. The topological polar surface area (TPSA) is 47.0 Å². The van der Waals surface area contributed by atoms with E-state index in [1.807, 2.05) is 30.3 Å². The standard InChI is InChI=1S/C22H14ClNO2S2/c23-16-9-5-14(6-10-16)19(25)13-20(26)15-7-11-17(12-8-15)27-22-24-18-3-1-2-4-21(18)28-22/h1-12H,13H2. The molecule has 0 aliphatic carbocycles. The lowest BCUT2D eigenvalue weighted by atomic mass is 10.0. The molecule has 3 nitrogen and oxygen atoms in total. The van der Waals surface area contributed by atoms with Gasteiger partial charge in [0.1, 0.15) is 0 Å². The molecular formula is C22H14ClNO2S2. The van der Waals surface area contributed by atoms with Crippen molar-refractivity contribution in [2.75, 3.05) is 0 Å². The van der Waals surface area contributed by atoms with Crippen molar-refractivity contribution in [3.63, 3.8) is 0 Å². The first-order chi connectivity index (χ1) is 13.6. The predicted molar refractivity (Wildman–Crippen MR) is 115 cm³/mol. The average molecular weight is 424 g/mol. The molecule has 0 saturated carbocycles. The van der Waals surface area contributed by atoms with Crippen LogP contribution in [0.4, 0.5) is 0 Å². The number of hydrogen-bond acceptors (Lipinski definition) is 5. The predicted octanol–water partition coefficient (Wildman–Crippen LogP) is 6.56. The molecule has 0 spiro atoms. The van der Waals surface area contributed by atoms with Crippen LogP contribution >= 0.6 is 34.7 Å². The van der Waals surface area contributed by atoms with Crippen LogP contribution in [0.3, 0.4) is 0 Å². The summed E-state index contributed by atoms with van der Waals surface area (Å²) >= 11 is 9.03. The van der Waals surface area contributed by atoms with Crippen LogP contribution in [0.25, 0.3) is 10.2 Å². The molecule has 1 aromatic heterocycles. The number of carbonyl (C=O) groups excluding carboxylic acids is 2. The normalized spacial score (nSPS) is 10.9. The maximum atomic E-state index is 12.4. The number of Topliss-reactive ketones (excluding diaryl/α,β-unsaturated/α-hetero) is 2. The second kappa shape index (κ2) is 8.27. The number of thiazole rings is 1. The quantitative estimate of drug-likeness (QED) is 0.260. The van der Waals surface area contributed by atoms with E-state index < -0.39 is 0 Å². The van der Waals surface area contributed by atoms with E-state index in [1.54, 1.807) is 59.5 Å². The van der Waals surface area contributed by atoms with Crippen LogP contribution in [0.15, 0.2) is 82.0 Å². The fraction of sp³-hybridized carbons (Fsp3) is 0.0455. The zero-order valence-corrected chi connectivity index (χ0v) is 17.0. The maximum absolute atomic E-state index is 12.4. The van der Waals surface area contributed by atoms with Gasteiger partial charge in [0.05, 0.1) is 16.6 Å². The highest BCUT2D eigenvalue weighted by atomic mass is 35.5. The summed E-state index contributed by atoms with van der Waals surface area (Å²) in [6, 6.07) is 21.9. The number of rotatable bonds is 6. The van der Waals surface area contributed by atoms with Crippen LogP contribution in [0.5, 0.6) is 0 Å². The van der Waals surface area contributed by atoms with Gasteiger partial charge in [-0.05, 0) is 48.5 Å². The molecule has 0 aliphatic rings. The number of fused-ring (bicyclic) bond motifs is 1. The Labute approximate surface area is 175 Å². The number of nitrogens with zero attached hydrogens (tertiary/aromatic N) is 1. The Morgan fingerprint density at radius 2 is 1.46 bits per heavy atom. The third kappa shape index (κ3) is 4.33. The second-order valence-electron chi connectivity index (χ2n) is 6.10. The summed E-state index contributed by atoms with van der Waals surface area (Å²) in [7, 11) is 0. The van der Waals surface area contributed by atoms with Crippen LogP contribution in [0.1, 0.15) is 27.1 Å². The van der Waals surface area contributed by atoms with E-state index in [0.29, 0.717) is 16.1 Å². The molecule has 0 radical (unpaired) electrons. The number of carbonyl (C=O) groups is 2. The van der Waals surface area contributed by atoms with Gasteiger partial charge < -0.3 is 0 Å². The van der Waals surface area contributed by atoms with E-state index in [-0.39, 0.29) is 18.0 Å². The molecule has 0 unspecified atom stereocenters. The lowest BCUT2D eigenvalue weighted by molar-refractivity contribution is 0.0894. The van der Waals surface area contributed by atoms with Crippen molar-refractivity contribution in [3.8, 4) is 0 Å². The van der Waals surface area contributed by atoms with E-state index in [0.717, 1.165) is 19.5 Å². The van der Waals surface area contributed by atoms with Crippen LogP contribution in [0.2, 0.25) is 5.02 Å². The highest BCUT2D eigenvalue weighted by Crippen LogP contribution is 2.34. The number of hydrogen-bond donors (Lipinski definition) is 0. The molecular weight excluding hydrogens is 410 g/mol. The average Bonchev–Trinajstić information content (AvgIpc) is 3.11. The van der Waals surface area contributed by atoms with E-state index in [4.69, 9.17) is 11.6 Å². The molecule has 0 N–H and O–H groups in total. The van der Waals surface area contributed by atoms with Gasteiger partial charge in [-0.1, -0.05) is 47.6 Å². The number of aromatic nitrogens is 1. The molecule has 0 amide bonds. The fourth-order valence-corrected chi connectivity index (χ4v) is 4.86. The Kier molecular flexibility index (Phi) is 5.57. The van der Waals surface area contributed by atoms with E-state index in [1.165, 1.54) is 0 Å². The van der Waals surface area contributed by atoms with Gasteiger partial charge in [0.2, 0.25) is 0 Å². The van der Waals surface area contributed by atoms with Gasteiger partial charge in [0.25, 0.3) is 0 Å². The van der Waals surface area contributed by atoms with Crippen molar-refractivity contribution in [2.45, 2.75) is 15.7 Å². The van der Waals surface area contributed by atoms with Gasteiger partial charge in [0, 0.05) is 21.0 Å². The lowest BCUT2D eigenvalue weighted by Gasteiger charge is -2.03. The summed E-state index contributed by atoms with van der Waals surface area (Å²) in [5.41, 5.74) is 2.00. The summed E-state index contributed by atoms with van der Waals surface area (Å²) < 4.78 is 2.11. The molecule has 0 atom stereocenters. The number of ketones is 2. The molecule has 6 heteroatoms. The fourth-order valence-electron chi connectivity index (χ4n) is 2.69. The number of para-hydroxylation sites is 1. The van der Waals surface area contributed by atoms with Crippen molar-refractivity contribution in [1.82, 2.24) is 4.98 Å². The van der Waals surface area contributed by atoms with Crippen LogP contribution < -0.4 is 0 Å². The minimum absolute atomic E-state index is 0.161. The minimum Gasteiger partial charge on any atom is -0.294 e. The van der Waals surface area contributed by atoms with Gasteiger partial charge in [-0.15, -0.1) is 11.3 Å². The van der Waals surface area contributed by atoms with Gasteiger partial charge in [-0.2, -0.15) is 0 Å². The smallest absolute Gasteiger partial charge is 0.170 e. The third-order valence-corrected chi connectivity index (χ3v) is 6.50. The Morgan fingerprint density at radius 1 is 0.857 bits per heavy atom. The second-order valence-corrected chi connectivity index (χ2v) is 8.89. The highest BCUT2D eigenvalue weighted by molar-refractivity contribution is 8.01. The highest BCUT2D eigenvalue weighted by Gasteiger charge is 2.14. The zero-order valence-electron chi connectivity index (χ0n) is 14.6. The molecule has 4 aromatic rings. The molecule has 28 heavy (non-hydrogen) atoms. The van der Waals surface area contributed by atoms with E-state index >= 15 is 0 Å². The Hall–Kier alpha value is -2.47. The Morgan fingerprint density at radius 3 is 2.11 bits per heavy atom. The monoisotopic (exact) mass is 423 g/mol. The van der Waals surface area contributed by atoms with E-state index in [2.05, 4.69) is 11.1 Å². The largest absolute Gasteiger partial charge is 0.294 e. The Balaban J connectivity index is 1.42. The first kappa shape index (κ1) is 18.9.